The zero-order chi connectivity index (χ0) is 14.7. The molecule has 0 bridgehead atoms. The first-order chi connectivity index (χ1) is 9.29. The third kappa shape index (κ3) is 1.75. The molecule has 6 nitrogen and oxygen atoms in total. The fourth-order valence-electron chi connectivity index (χ4n) is 4.01. The normalized spacial score (nSPS) is 37.9. The van der Waals surface area contributed by atoms with Gasteiger partial charge in [0.25, 0.3) is 5.91 Å². The molecule has 3 atom stereocenters. The Morgan fingerprint density at radius 2 is 2.10 bits per heavy atom. The van der Waals surface area contributed by atoms with Crippen LogP contribution in [0.25, 0.3) is 0 Å². The molecular weight excluding hydrogens is 278 g/mol. The number of aliphatic imine (C=N–C) groups is 1. The Kier molecular flexibility index (Phi) is 2.99. The molecule has 3 rings (SSSR count). The molecule has 1 aliphatic carbocycles. The van der Waals surface area contributed by atoms with Gasteiger partial charge in [-0.2, -0.15) is 0 Å². The van der Waals surface area contributed by atoms with E-state index in [0.29, 0.717) is 13.1 Å². The van der Waals surface area contributed by atoms with Crippen LogP contribution in [0, 0.1) is 11.8 Å². The standard InChI is InChI=1S/C13H21N3O3S/c1-4-11-14-13(12(17)15(11)2)6-5-9-7-16(8-10(9)13)20(3,18)19/h9-10H,4-8H2,1-3H3/t9-,10+,13-/m1/s1. The minimum Gasteiger partial charge on any atom is -0.302 e. The Hall–Kier alpha value is -0.950. The number of hydrogen-bond acceptors (Lipinski definition) is 4. The van der Waals surface area contributed by atoms with Crippen LogP contribution < -0.4 is 0 Å². The van der Waals surface area contributed by atoms with Crippen molar-refractivity contribution in [2.24, 2.45) is 16.8 Å². The highest BCUT2D eigenvalue weighted by molar-refractivity contribution is 7.88. The van der Waals surface area contributed by atoms with Gasteiger partial charge in [-0.1, -0.05) is 6.92 Å². The van der Waals surface area contributed by atoms with Crippen molar-refractivity contribution in [1.29, 1.82) is 0 Å². The third-order valence-corrected chi connectivity index (χ3v) is 6.33. The Morgan fingerprint density at radius 1 is 1.40 bits per heavy atom. The summed E-state index contributed by atoms with van der Waals surface area (Å²) < 4.78 is 25.0. The first-order valence-corrected chi connectivity index (χ1v) is 8.96. The van der Waals surface area contributed by atoms with Crippen molar-refractivity contribution >= 4 is 21.8 Å². The lowest BCUT2D eigenvalue weighted by atomic mass is 9.85. The van der Waals surface area contributed by atoms with Gasteiger partial charge in [0.15, 0.2) is 0 Å². The number of amidine groups is 1. The van der Waals surface area contributed by atoms with Crippen LogP contribution in [-0.2, 0) is 14.8 Å². The molecule has 1 saturated heterocycles. The molecule has 2 aliphatic heterocycles. The van der Waals surface area contributed by atoms with Crippen LogP contribution in [0.15, 0.2) is 4.99 Å². The van der Waals surface area contributed by atoms with E-state index < -0.39 is 15.6 Å². The molecule has 0 radical (unpaired) electrons. The van der Waals surface area contributed by atoms with E-state index in [0.717, 1.165) is 25.1 Å². The number of hydrogen-bond donors (Lipinski definition) is 0. The molecule has 1 amide bonds. The van der Waals surface area contributed by atoms with Gasteiger partial charge in [-0.15, -0.1) is 0 Å². The molecule has 7 heteroatoms. The molecule has 0 unspecified atom stereocenters. The van der Waals surface area contributed by atoms with Gasteiger partial charge < -0.3 is 4.90 Å². The van der Waals surface area contributed by atoms with Crippen molar-refractivity contribution in [3.05, 3.63) is 0 Å². The maximum atomic E-state index is 12.6. The average Bonchev–Trinajstić information content (AvgIpc) is 2.99. The fourth-order valence-corrected chi connectivity index (χ4v) is 4.90. The van der Waals surface area contributed by atoms with Gasteiger partial charge in [-0.05, 0) is 18.8 Å². The molecule has 3 aliphatic rings. The van der Waals surface area contributed by atoms with E-state index in [4.69, 9.17) is 4.99 Å². The van der Waals surface area contributed by atoms with E-state index in [9.17, 15) is 13.2 Å². The second-order valence-corrected chi connectivity index (χ2v) is 8.14. The predicted octanol–water partition coefficient (Wildman–Crippen LogP) is 0.307. The lowest BCUT2D eigenvalue weighted by molar-refractivity contribution is -0.131. The first-order valence-electron chi connectivity index (χ1n) is 7.11. The second-order valence-electron chi connectivity index (χ2n) is 6.16. The maximum absolute atomic E-state index is 12.6. The number of fused-ring (bicyclic) bond motifs is 2. The van der Waals surface area contributed by atoms with Gasteiger partial charge in [0, 0.05) is 32.5 Å². The molecule has 2 heterocycles. The molecule has 1 saturated carbocycles. The Morgan fingerprint density at radius 3 is 2.65 bits per heavy atom. The molecule has 20 heavy (non-hydrogen) atoms. The SMILES string of the molecule is CCC1=N[C@@]2(CC[C@@H]3CN(S(C)(=O)=O)C[C@@H]32)C(=O)N1C. The molecule has 112 valence electrons. The summed E-state index contributed by atoms with van der Waals surface area (Å²) in [6, 6.07) is 0. The summed E-state index contributed by atoms with van der Waals surface area (Å²) in [6.07, 6.45) is 3.62. The highest BCUT2D eigenvalue weighted by Crippen LogP contribution is 2.50. The number of sulfonamides is 1. The summed E-state index contributed by atoms with van der Waals surface area (Å²) in [7, 11) is -1.41. The van der Waals surface area contributed by atoms with Gasteiger partial charge in [-0.3, -0.25) is 9.79 Å². The van der Waals surface area contributed by atoms with Gasteiger partial charge in [0.1, 0.15) is 11.4 Å². The molecular formula is C13H21N3O3S. The van der Waals surface area contributed by atoms with Crippen LogP contribution in [0.5, 0.6) is 0 Å². The number of carbonyl (C=O) groups is 1. The van der Waals surface area contributed by atoms with Crippen LogP contribution in [-0.4, -0.2) is 61.3 Å². The Labute approximate surface area is 119 Å². The van der Waals surface area contributed by atoms with Crippen LogP contribution in [0.1, 0.15) is 26.2 Å². The van der Waals surface area contributed by atoms with Crippen LogP contribution in [0.2, 0.25) is 0 Å². The van der Waals surface area contributed by atoms with Crippen molar-refractivity contribution in [3.8, 4) is 0 Å². The van der Waals surface area contributed by atoms with Crippen molar-refractivity contribution in [2.75, 3.05) is 26.4 Å². The predicted molar refractivity (Wildman–Crippen MR) is 75.9 cm³/mol. The van der Waals surface area contributed by atoms with E-state index in [-0.39, 0.29) is 17.7 Å². The Balaban J connectivity index is 1.94. The topological polar surface area (TPSA) is 70.0 Å². The maximum Gasteiger partial charge on any atom is 0.255 e. The van der Waals surface area contributed by atoms with Crippen molar-refractivity contribution in [2.45, 2.75) is 31.7 Å². The van der Waals surface area contributed by atoms with Crippen molar-refractivity contribution < 1.29 is 13.2 Å². The van der Waals surface area contributed by atoms with Gasteiger partial charge in [0.05, 0.1) is 6.26 Å². The minimum atomic E-state index is -3.18. The zero-order valence-electron chi connectivity index (χ0n) is 12.2. The van der Waals surface area contributed by atoms with Crippen LogP contribution in [0.3, 0.4) is 0 Å². The quantitative estimate of drug-likeness (QED) is 0.736. The molecule has 0 aromatic carbocycles. The van der Waals surface area contributed by atoms with E-state index in [2.05, 4.69) is 0 Å². The highest BCUT2D eigenvalue weighted by atomic mass is 32.2. The van der Waals surface area contributed by atoms with Crippen molar-refractivity contribution in [3.63, 3.8) is 0 Å². The minimum absolute atomic E-state index is 0.0382. The molecule has 0 N–H and O–H groups in total. The van der Waals surface area contributed by atoms with Gasteiger partial charge in [0.2, 0.25) is 10.0 Å². The largest absolute Gasteiger partial charge is 0.302 e. The second kappa shape index (κ2) is 4.27. The van der Waals surface area contributed by atoms with Crippen molar-refractivity contribution in [1.82, 2.24) is 9.21 Å². The lowest BCUT2D eigenvalue weighted by Gasteiger charge is -2.26. The van der Waals surface area contributed by atoms with E-state index in [1.807, 2.05) is 6.92 Å². The molecule has 0 aromatic rings. The number of likely N-dealkylation sites (N-methyl/N-ethyl adjacent to an activating group) is 1. The Bertz CT molecular complexity index is 586. The number of nitrogens with zero attached hydrogens (tertiary/aromatic N) is 3. The summed E-state index contributed by atoms with van der Waals surface area (Å²) in [5.41, 5.74) is -0.690. The van der Waals surface area contributed by atoms with Gasteiger partial charge in [-0.25, -0.2) is 12.7 Å². The average molecular weight is 299 g/mol. The van der Waals surface area contributed by atoms with E-state index >= 15 is 0 Å². The van der Waals surface area contributed by atoms with Gasteiger partial charge >= 0.3 is 0 Å². The summed E-state index contributed by atoms with van der Waals surface area (Å²) in [5, 5.41) is 0. The number of rotatable bonds is 2. The highest BCUT2D eigenvalue weighted by Gasteiger charge is 2.61. The molecule has 1 spiro atoms. The number of carbonyl (C=O) groups excluding carboxylic acids is 1. The zero-order valence-corrected chi connectivity index (χ0v) is 13.0. The first kappa shape index (κ1) is 14.0. The smallest absolute Gasteiger partial charge is 0.255 e. The van der Waals surface area contributed by atoms with Crippen LogP contribution >= 0.6 is 0 Å². The summed E-state index contributed by atoms with van der Waals surface area (Å²) in [6.45, 7) is 2.97. The third-order valence-electron chi connectivity index (χ3n) is 5.09. The summed E-state index contributed by atoms with van der Waals surface area (Å²) in [4.78, 5) is 19.0. The lowest BCUT2D eigenvalue weighted by Crippen LogP contribution is -2.45. The summed E-state index contributed by atoms with van der Waals surface area (Å²) >= 11 is 0. The molecule has 2 fully saturated rings. The van der Waals surface area contributed by atoms with E-state index in [1.54, 1.807) is 11.9 Å². The molecule has 0 aromatic heterocycles. The number of amides is 1. The monoisotopic (exact) mass is 299 g/mol. The van der Waals surface area contributed by atoms with E-state index in [1.165, 1.54) is 10.6 Å². The van der Waals surface area contributed by atoms with Crippen LogP contribution in [0.4, 0.5) is 0 Å². The summed E-state index contributed by atoms with van der Waals surface area (Å²) in [5.74, 6) is 1.18. The fraction of sp³-hybridized carbons (Fsp3) is 0.846.